The van der Waals surface area contributed by atoms with Crippen molar-refractivity contribution in [3.63, 3.8) is 0 Å². The smallest absolute Gasteiger partial charge is 0.416 e. The highest BCUT2D eigenvalue weighted by atomic mass is 35.5. The van der Waals surface area contributed by atoms with E-state index in [4.69, 9.17) is 30.5 Å². The van der Waals surface area contributed by atoms with Gasteiger partial charge in [0.2, 0.25) is 5.88 Å². The fraction of sp³-hybridized carbons (Fsp3) is 0.321. The molecule has 0 saturated carbocycles. The third-order valence-electron chi connectivity index (χ3n) is 5.70. The highest BCUT2D eigenvalue weighted by Gasteiger charge is 2.35. The number of rotatable bonds is 6. The third kappa shape index (κ3) is 5.78. The molecule has 1 aromatic heterocycles. The zero-order chi connectivity index (χ0) is 27.6. The van der Waals surface area contributed by atoms with Crippen LogP contribution in [0.1, 0.15) is 33.3 Å². The molecule has 38 heavy (non-hydrogen) atoms. The minimum absolute atomic E-state index is 0.0976. The van der Waals surface area contributed by atoms with Crippen molar-refractivity contribution in [2.45, 2.75) is 45.9 Å². The van der Waals surface area contributed by atoms with Crippen molar-refractivity contribution in [3.8, 4) is 17.4 Å². The van der Waals surface area contributed by atoms with Crippen LogP contribution < -0.4 is 24.0 Å². The molecule has 0 aliphatic carbocycles. The van der Waals surface area contributed by atoms with Crippen molar-refractivity contribution in [2.75, 3.05) is 24.0 Å². The van der Waals surface area contributed by atoms with E-state index in [1.807, 2.05) is 6.07 Å². The number of hydrogen-bond donors (Lipinski definition) is 0. The fourth-order valence-corrected chi connectivity index (χ4v) is 4.12. The zero-order valence-corrected chi connectivity index (χ0v) is 22.9. The molecule has 9 nitrogen and oxygen atoms in total. The third-order valence-corrected chi connectivity index (χ3v) is 5.94. The molecule has 2 heterocycles. The molecular weight excluding hydrogens is 510 g/mol. The average molecular weight is 540 g/mol. The first-order valence-corrected chi connectivity index (χ1v) is 12.4. The van der Waals surface area contributed by atoms with Crippen molar-refractivity contribution < 1.29 is 28.5 Å². The SMILES string of the molecule is COc1ccc(CN(C(=O)OC(C)(C)C)c2ccc3c(n2)OC(C)C(=O)N3c2cccc(Cl)c2)c(OC)c1. The lowest BCUT2D eigenvalue weighted by Gasteiger charge is -2.33. The number of methoxy groups -OCH3 is 2. The summed E-state index contributed by atoms with van der Waals surface area (Å²) < 4.78 is 22.4. The lowest BCUT2D eigenvalue weighted by Crippen LogP contribution is -2.42. The topological polar surface area (TPSA) is 90.4 Å². The van der Waals surface area contributed by atoms with Gasteiger partial charge in [-0.05, 0) is 70.2 Å². The average Bonchev–Trinajstić information content (AvgIpc) is 2.86. The lowest BCUT2D eigenvalue weighted by molar-refractivity contribution is -0.124. The van der Waals surface area contributed by atoms with Crippen LogP contribution in [0.15, 0.2) is 54.6 Å². The maximum Gasteiger partial charge on any atom is 0.416 e. The predicted octanol–water partition coefficient (Wildman–Crippen LogP) is 6.14. The number of benzene rings is 2. The number of ether oxygens (including phenoxy) is 4. The Balaban J connectivity index is 1.77. The minimum atomic E-state index is -0.805. The number of fused-ring (bicyclic) bond motifs is 1. The van der Waals surface area contributed by atoms with Gasteiger partial charge in [0.05, 0.1) is 26.5 Å². The van der Waals surface area contributed by atoms with Gasteiger partial charge in [0.25, 0.3) is 5.91 Å². The molecule has 0 fully saturated rings. The molecule has 10 heteroatoms. The molecule has 3 aromatic rings. The van der Waals surface area contributed by atoms with Crippen molar-refractivity contribution in [1.29, 1.82) is 0 Å². The van der Waals surface area contributed by atoms with Crippen LogP contribution in [0.3, 0.4) is 0 Å². The summed E-state index contributed by atoms with van der Waals surface area (Å²) in [4.78, 5) is 34.0. The first kappa shape index (κ1) is 27.1. The van der Waals surface area contributed by atoms with E-state index in [1.54, 1.807) is 90.4 Å². The Hall–Kier alpha value is -3.98. The monoisotopic (exact) mass is 539 g/mol. The molecule has 0 spiro atoms. The van der Waals surface area contributed by atoms with Gasteiger partial charge in [0.15, 0.2) is 6.10 Å². The van der Waals surface area contributed by atoms with Crippen LogP contribution in [0.2, 0.25) is 5.02 Å². The molecule has 1 aliphatic heterocycles. The Bertz CT molecular complexity index is 1360. The Morgan fingerprint density at radius 2 is 1.87 bits per heavy atom. The Morgan fingerprint density at radius 3 is 2.53 bits per heavy atom. The van der Waals surface area contributed by atoms with Gasteiger partial charge in [-0.2, -0.15) is 4.98 Å². The van der Waals surface area contributed by atoms with Gasteiger partial charge in [0.1, 0.15) is 28.6 Å². The fourth-order valence-electron chi connectivity index (χ4n) is 3.94. The maximum absolute atomic E-state index is 13.4. The van der Waals surface area contributed by atoms with Crippen LogP contribution in [-0.2, 0) is 16.1 Å². The molecule has 200 valence electrons. The summed E-state index contributed by atoms with van der Waals surface area (Å²) >= 11 is 6.19. The van der Waals surface area contributed by atoms with Gasteiger partial charge in [-0.15, -0.1) is 0 Å². The number of nitrogens with zero attached hydrogens (tertiary/aromatic N) is 3. The van der Waals surface area contributed by atoms with Gasteiger partial charge in [-0.1, -0.05) is 17.7 Å². The molecule has 0 bridgehead atoms. The zero-order valence-electron chi connectivity index (χ0n) is 22.1. The van der Waals surface area contributed by atoms with E-state index in [1.165, 1.54) is 9.80 Å². The van der Waals surface area contributed by atoms with Crippen LogP contribution in [0.25, 0.3) is 0 Å². The van der Waals surface area contributed by atoms with E-state index in [-0.39, 0.29) is 24.1 Å². The first-order valence-electron chi connectivity index (χ1n) is 12.0. The molecular formula is C28H30ClN3O6. The second-order valence-electron chi connectivity index (χ2n) is 9.65. The predicted molar refractivity (Wildman–Crippen MR) is 145 cm³/mol. The molecule has 0 radical (unpaired) electrons. The largest absolute Gasteiger partial charge is 0.497 e. The molecule has 4 rings (SSSR count). The molecule has 2 amide bonds. The highest BCUT2D eigenvalue weighted by Crippen LogP contribution is 2.40. The van der Waals surface area contributed by atoms with Crippen LogP contribution in [0, 0.1) is 0 Å². The number of carbonyl (C=O) groups excluding carboxylic acids is 2. The van der Waals surface area contributed by atoms with Gasteiger partial charge < -0.3 is 18.9 Å². The quantitative estimate of drug-likeness (QED) is 0.371. The van der Waals surface area contributed by atoms with E-state index >= 15 is 0 Å². The summed E-state index contributed by atoms with van der Waals surface area (Å²) in [6, 6.07) is 15.6. The standard InChI is InChI=1S/C28H30ClN3O6/c1-17-26(33)32(20-9-7-8-19(29)14-20)22-12-13-24(30-25(22)37-17)31(27(34)38-28(2,3)4)16-18-10-11-21(35-5)15-23(18)36-6/h7-15,17H,16H2,1-6H3. The number of halogens is 1. The van der Waals surface area contributed by atoms with Crippen molar-refractivity contribution in [3.05, 3.63) is 65.2 Å². The Kier molecular flexibility index (Phi) is 7.68. The summed E-state index contributed by atoms with van der Waals surface area (Å²) in [7, 11) is 3.11. The number of carbonyl (C=O) groups is 2. The van der Waals surface area contributed by atoms with Crippen molar-refractivity contribution in [1.82, 2.24) is 4.98 Å². The number of aromatic nitrogens is 1. The van der Waals surface area contributed by atoms with Gasteiger partial charge in [0, 0.05) is 16.7 Å². The van der Waals surface area contributed by atoms with E-state index in [2.05, 4.69) is 4.98 Å². The normalized spacial score (nSPS) is 14.9. The summed E-state index contributed by atoms with van der Waals surface area (Å²) in [6.45, 7) is 7.11. The second-order valence-corrected chi connectivity index (χ2v) is 10.1. The first-order chi connectivity index (χ1) is 18.0. The molecule has 1 atom stereocenters. The van der Waals surface area contributed by atoms with E-state index < -0.39 is 17.8 Å². The summed E-state index contributed by atoms with van der Waals surface area (Å²) in [6.07, 6.45) is -1.41. The van der Waals surface area contributed by atoms with Crippen LogP contribution in [0.5, 0.6) is 17.4 Å². The van der Waals surface area contributed by atoms with Gasteiger partial charge in [-0.25, -0.2) is 4.79 Å². The highest BCUT2D eigenvalue weighted by molar-refractivity contribution is 6.31. The summed E-state index contributed by atoms with van der Waals surface area (Å²) in [5.74, 6) is 1.38. The molecule has 0 saturated heterocycles. The molecule has 1 unspecified atom stereocenters. The second kappa shape index (κ2) is 10.8. The molecule has 2 aromatic carbocycles. The summed E-state index contributed by atoms with van der Waals surface area (Å²) in [5, 5.41) is 0.491. The van der Waals surface area contributed by atoms with Gasteiger partial charge in [-0.3, -0.25) is 14.6 Å². The van der Waals surface area contributed by atoms with Crippen LogP contribution in [-0.4, -0.2) is 42.9 Å². The number of anilines is 3. The van der Waals surface area contributed by atoms with E-state index in [0.717, 1.165) is 0 Å². The maximum atomic E-state index is 13.4. The molecule has 1 aliphatic rings. The van der Waals surface area contributed by atoms with Crippen LogP contribution >= 0.6 is 11.6 Å². The lowest BCUT2D eigenvalue weighted by atomic mass is 10.1. The summed E-state index contributed by atoms with van der Waals surface area (Å²) in [5.41, 5.74) is 0.989. The minimum Gasteiger partial charge on any atom is -0.497 e. The molecule has 0 N–H and O–H groups in total. The van der Waals surface area contributed by atoms with E-state index in [9.17, 15) is 9.59 Å². The number of pyridine rings is 1. The number of amides is 2. The van der Waals surface area contributed by atoms with Gasteiger partial charge >= 0.3 is 6.09 Å². The van der Waals surface area contributed by atoms with Crippen molar-refractivity contribution >= 4 is 40.8 Å². The number of hydrogen-bond acceptors (Lipinski definition) is 7. The van der Waals surface area contributed by atoms with Crippen LogP contribution in [0.4, 0.5) is 22.0 Å². The Labute approximate surface area is 226 Å². The van der Waals surface area contributed by atoms with E-state index in [0.29, 0.717) is 33.5 Å². The Morgan fingerprint density at radius 1 is 1.11 bits per heavy atom. The van der Waals surface area contributed by atoms with Crippen molar-refractivity contribution in [2.24, 2.45) is 0 Å².